The summed E-state index contributed by atoms with van der Waals surface area (Å²) >= 11 is 0. The number of carboxylic acids is 1. The molecule has 0 spiro atoms. The van der Waals surface area contributed by atoms with Crippen LogP contribution < -0.4 is 9.64 Å². The van der Waals surface area contributed by atoms with Crippen molar-refractivity contribution in [3.8, 4) is 5.88 Å². The highest BCUT2D eigenvalue weighted by Crippen LogP contribution is 2.26. The Balaban J connectivity index is 1.83. The van der Waals surface area contributed by atoms with Crippen LogP contribution in [0.3, 0.4) is 0 Å². The molecule has 0 aromatic carbocycles. The first-order chi connectivity index (χ1) is 10.2. The van der Waals surface area contributed by atoms with Gasteiger partial charge in [0.2, 0.25) is 11.8 Å². The summed E-state index contributed by atoms with van der Waals surface area (Å²) in [4.78, 5) is 21.8. The number of aromatic nitrogens is 2. The van der Waals surface area contributed by atoms with Crippen LogP contribution in [0.4, 0.5) is 5.95 Å². The molecule has 1 aliphatic carbocycles. The molecule has 0 bridgehead atoms. The van der Waals surface area contributed by atoms with Crippen molar-refractivity contribution >= 4 is 11.9 Å². The zero-order chi connectivity index (χ0) is 14.7. The van der Waals surface area contributed by atoms with Gasteiger partial charge in [-0.15, -0.1) is 0 Å². The molecule has 2 heterocycles. The van der Waals surface area contributed by atoms with E-state index in [1.165, 1.54) is 6.20 Å². The summed E-state index contributed by atoms with van der Waals surface area (Å²) in [7, 11) is 0. The maximum absolute atomic E-state index is 11.3. The van der Waals surface area contributed by atoms with Gasteiger partial charge in [0.25, 0.3) is 0 Å². The predicted molar refractivity (Wildman–Crippen MR) is 74.9 cm³/mol. The van der Waals surface area contributed by atoms with Crippen LogP contribution in [0.2, 0.25) is 0 Å². The molecule has 0 amide bonds. The summed E-state index contributed by atoms with van der Waals surface area (Å²) in [6.45, 7) is 2.66. The Labute approximate surface area is 122 Å². The van der Waals surface area contributed by atoms with Crippen LogP contribution in [0.5, 0.6) is 5.88 Å². The molecular weight excluding hydrogens is 274 g/mol. The highest BCUT2D eigenvalue weighted by atomic mass is 16.5. The molecule has 2 fully saturated rings. The van der Waals surface area contributed by atoms with Crippen molar-refractivity contribution in [1.29, 1.82) is 0 Å². The third-order valence-electron chi connectivity index (χ3n) is 3.85. The summed E-state index contributed by atoms with van der Waals surface area (Å²) < 4.78 is 11.1. The van der Waals surface area contributed by atoms with Crippen molar-refractivity contribution < 1.29 is 19.4 Å². The average Bonchev–Trinajstić information content (AvgIpc) is 3.01. The van der Waals surface area contributed by atoms with Gasteiger partial charge in [0.1, 0.15) is 11.7 Å². The smallest absolute Gasteiger partial charge is 0.342 e. The molecule has 1 aromatic heterocycles. The van der Waals surface area contributed by atoms with E-state index in [0.717, 1.165) is 25.7 Å². The van der Waals surface area contributed by atoms with E-state index in [4.69, 9.17) is 9.47 Å². The van der Waals surface area contributed by atoms with E-state index in [0.29, 0.717) is 32.3 Å². The van der Waals surface area contributed by atoms with Gasteiger partial charge in [0, 0.05) is 13.1 Å². The van der Waals surface area contributed by atoms with E-state index in [2.05, 4.69) is 9.97 Å². The van der Waals surface area contributed by atoms with E-state index >= 15 is 0 Å². The lowest BCUT2D eigenvalue weighted by Crippen LogP contribution is -2.37. The van der Waals surface area contributed by atoms with Crippen molar-refractivity contribution in [2.24, 2.45) is 0 Å². The monoisotopic (exact) mass is 293 g/mol. The number of morpholine rings is 1. The minimum atomic E-state index is -1.06. The highest BCUT2D eigenvalue weighted by molar-refractivity contribution is 5.89. The molecule has 1 saturated heterocycles. The third kappa shape index (κ3) is 3.24. The minimum absolute atomic E-state index is 0.0268. The third-order valence-corrected chi connectivity index (χ3v) is 3.85. The first kappa shape index (κ1) is 14.1. The standard InChI is InChI=1S/C14H19N3O4/c18-13(19)11-9-15-14(17-5-7-20-8-6-17)16-12(11)21-10-3-1-2-4-10/h9-10H,1-8H2,(H,18,19). The number of carbonyl (C=O) groups is 1. The van der Waals surface area contributed by atoms with Crippen LogP contribution in [0, 0.1) is 0 Å². The Kier molecular flexibility index (Phi) is 4.19. The second-order valence-electron chi connectivity index (χ2n) is 5.32. The summed E-state index contributed by atoms with van der Waals surface area (Å²) in [6, 6.07) is 0. The number of aromatic carboxylic acids is 1. The highest BCUT2D eigenvalue weighted by Gasteiger charge is 2.23. The summed E-state index contributed by atoms with van der Waals surface area (Å²) in [5, 5.41) is 9.25. The molecule has 1 N–H and O–H groups in total. The lowest BCUT2D eigenvalue weighted by molar-refractivity contribution is 0.0687. The number of hydrogen-bond donors (Lipinski definition) is 1. The molecule has 0 unspecified atom stereocenters. The summed E-state index contributed by atoms with van der Waals surface area (Å²) in [5.41, 5.74) is 0.0268. The quantitative estimate of drug-likeness (QED) is 0.896. The van der Waals surface area contributed by atoms with Crippen molar-refractivity contribution in [1.82, 2.24) is 9.97 Å². The summed E-state index contributed by atoms with van der Waals surface area (Å²) in [5.74, 6) is -0.362. The molecule has 1 aromatic rings. The number of ether oxygens (including phenoxy) is 2. The zero-order valence-corrected chi connectivity index (χ0v) is 11.8. The molecule has 0 atom stereocenters. The number of hydrogen-bond acceptors (Lipinski definition) is 6. The van der Waals surface area contributed by atoms with E-state index < -0.39 is 5.97 Å². The molecular formula is C14H19N3O4. The Morgan fingerprint density at radius 1 is 1.33 bits per heavy atom. The molecule has 7 heteroatoms. The minimum Gasteiger partial charge on any atom is -0.477 e. The molecule has 21 heavy (non-hydrogen) atoms. The Bertz CT molecular complexity index is 511. The number of carboxylic acid groups (broad SMARTS) is 1. The van der Waals surface area contributed by atoms with Crippen molar-refractivity contribution in [3.05, 3.63) is 11.8 Å². The fraction of sp³-hybridized carbons (Fsp3) is 0.643. The Morgan fingerprint density at radius 3 is 2.71 bits per heavy atom. The van der Waals surface area contributed by atoms with Crippen LogP contribution in [0.1, 0.15) is 36.0 Å². The maximum atomic E-state index is 11.3. The van der Waals surface area contributed by atoms with Gasteiger partial charge in [0.05, 0.1) is 19.4 Å². The Hall–Kier alpha value is -1.89. The maximum Gasteiger partial charge on any atom is 0.342 e. The van der Waals surface area contributed by atoms with Gasteiger partial charge in [-0.05, 0) is 25.7 Å². The first-order valence-corrected chi connectivity index (χ1v) is 7.34. The predicted octanol–water partition coefficient (Wildman–Crippen LogP) is 1.33. The van der Waals surface area contributed by atoms with Gasteiger partial charge >= 0.3 is 5.97 Å². The number of nitrogens with zero attached hydrogens (tertiary/aromatic N) is 3. The normalized spacial score (nSPS) is 19.7. The van der Waals surface area contributed by atoms with Gasteiger partial charge in [-0.25, -0.2) is 9.78 Å². The van der Waals surface area contributed by atoms with Crippen molar-refractivity contribution in [3.63, 3.8) is 0 Å². The molecule has 1 aliphatic heterocycles. The van der Waals surface area contributed by atoms with Gasteiger partial charge in [-0.3, -0.25) is 0 Å². The lowest BCUT2D eigenvalue weighted by Gasteiger charge is -2.27. The second kappa shape index (κ2) is 6.26. The van der Waals surface area contributed by atoms with Gasteiger partial charge in [-0.1, -0.05) is 0 Å². The molecule has 7 nitrogen and oxygen atoms in total. The summed E-state index contributed by atoms with van der Waals surface area (Å²) in [6.07, 6.45) is 5.55. The second-order valence-corrected chi connectivity index (χ2v) is 5.32. The average molecular weight is 293 g/mol. The number of rotatable bonds is 4. The van der Waals surface area contributed by atoms with Gasteiger partial charge in [0.15, 0.2) is 0 Å². The van der Waals surface area contributed by atoms with Crippen molar-refractivity contribution in [2.75, 3.05) is 31.2 Å². The fourth-order valence-electron chi connectivity index (χ4n) is 2.67. The molecule has 3 rings (SSSR count). The SMILES string of the molecule is O=C(O)c1cnc(N2CCOCC2)nc1OC1CCCC1. The molecule has 2 aliphatic rings. The van der Waals surface area contributed by atoms with E-state index in [-0.39, 0.29) is 17.5 Å². The van der Waals surface area contributed by atoms with E-state index in [9.17, 15) is 9.90 Å². The van der Waals surface area contributed by atoms with Crippen LogP contribution in [-0.4, -0.2) is 53.5 Å². The molecule has 114 valence electrons. The first-order valence-electron chi connectivity index (χ1n) is 7.34. The number of anilines is 1. The van der Waals surface area contributed by atoms with Gasteiger partial charge in [-0.2, -0.15) is 4.98 Å². The Morgan fingerprint density at radius 2 is 2.05 bits per heavy atom. The zero-order valence-electron chi connectivity index (χ0n) is 11.8. The van der Waals surface area contributed by atoms with Crippen molar-refractivity contribution in [2.45, 2.75) is 31.8 Å². The molecule has 0 radical (unpaired) electrons. The van der Waals surface area contributed by atoms with Crippen LogP contribution in [-0.2, 0) is 4.74 Å². The van der Waals surface area contributed by atoms with E-state index in [1.54, 1.807) is 0 Å². The molecule has 1 saturated carbocycles. The lowest BCUT2D eigenvalue weighted by atomic mass is 10.3. The fourth-order valence-corrected chi connectivity index (χ4v) is 2.67. The van der Waals surface area contributed by atoms with E-state index in [1.807, 2.05) is 4.90 Å². The van der Waals surface area contributed by atoms with Gasteiger partial charge < -0.3 is 19.5 Å². The largest absolute Gasteiger partial charge is 0.477 e. The van der Waals surface area contributed by atoms with Crippen LogP contribution >= 0.6 is 0 Å². The van der Waals surface area contributed by atoms with Crippen LogP contribution in [0.25, 0.3) is 0 Å². The van der Waals surface area contributed by atoms with Crippen LogP contribution in [0.15, 0.2) is 6.20 Å². The topological polar surface area (TPSA) is 84.8 Å².